The second-order valence-electron chi connectivity index (χ2n) is 8.69. The average Bonchev–Trinajstić information content (AvgIpc) is 2.74. The Bertz CT molecular complexity index is 995. The summed E-state index contributed by atoms with van der Waals surface area (Å²) in [4.78, 5) is 36.9. The van der Waals surface area contributed by atoms with Gasteiger partial charge in [0.15, 0.2) is 5.78 Å². The third kappa shape index (κ3) is 6.13. The van der Waals surface area contributed by atoms with Crippen molar-refractivity contribution >= 4 is 17.3 Å². The van der Waals surface area contributed by atoms with E-state index >= 15 is 0 Å². The van der Waals surface area contributed by atoms with Gasteiger partial charge >= 0.3 is 0 Å². The van der Waals surface area contributed by atoms with Crippen LogP contribution < -0.4 is 0 Å². The molecule has 0 spiro atoms. The van der Waals surface area contributed by atoms with Crippen LogP contribution in [0.5, 0.6) is 5.75 Å². The summed E-state index contributed by atoms with van der Waals surface area (Å²) in [6.45, 7) is 0.785. The molecule has 5 N–H and O–H groups in total. The highest BCUT2D eigenvalue weighted by molar-refractivity contribution is 6.03. The topological polar surface area (TPSA) is 143 Å². The number of fused-ring (bicyclic) bond motifs is 1. The number of hydrogen-bond donors (Lipinski definition) is 3. The Hall–Kier alpha value is -2.87. The first-order valence-electron chi connectivity index (χ1n) is 11.0. The van der Waals surface area contributed by atoms with Crippen LogP contribution in [0, 0.1) is 17.8 Å². The molecule has 0 bridgehead atoms. The summed E-state index contributed by atoms with van der Waals surface area (Å²) >= 11 is 0. The van der Waals surface area contributed by atoms with E-state index in [-0.39, 0.29) is 62.7 Å². The van der Waals surface area contributed by atoms with E-state index in [9.17, 15) is 29.7 Å². The van der Waals surface area contributed by atoms with Crippen LogP contribution in [0.1, 0.15) is 51.4 Å². The molecule has 0 aromatic heterocycles. The molecule has 2 aromatic carbocycles. The lowest BCUT2D eigenvalue weighted by Crippen LogP contribution is -2.32. The van der Waals surface area contributed by atoms with Crippen molar-refractivity contribution in [2.75, 3.05) is 13.2 Å². The summed E-state index contributed by atoms with van der Waals surface area (Å²) in [6.07, 6.45) is 1.29. The van der Waals surface area contributed by atoms with E-state index in [4.69, 9.17) is 0 Å². The number of carbonyl (C=O) groups excluding carboxylic acids is 3. The van der Waals surface area contributed by atoms with Crippen molar-refractivity contribution < 1.29 is 38.0 Å². The Morgan fingerprint density at radius 2 is 1.79 bits per heavy atom. The monoisotopic (exact) mass is 460 g/mol. The number of rotatable bonds is 10. The molecule has 0 fully saturated rings. The molecule has 0 saturated heterocycles. The van der Waals surface area contributed by atoms with Crippen LogP contribution in [-0.2, 0) is 16.0 Å². The maximum Gasteiger partial charge on any atom is 0.167 e. The summed E-state index contributed by atoms with van der Waals surface area (Å²) in [6, 6.07) is 13.0. The van der Waals surface area contributed by atoms with Crippen molar-refractivity contribution in [3.63, 3.8) is 0 Å². The summed E-state index contributed by atoms with van der Waals surface area (Å²) in [5, 5.41) is 29.8. The number of hydrogen-bond acceptors (Lipinski definition) is 6. The second-order valence-corrected chi connectivity index (χ2v) is 8.69. The number of carbonyl (C=O) groups is 3. The average molecular weight is 461 g/mol. The highest BCUT2D eigenvalue weighted by Crippen LogP contribution is 2.41. The first kappa shape index (κ1) is 26.4. The number of phenolic OH excluding ortho intramolecular Hbond substituents is 1. The minimum atomic E-state index is -0.750. The van der Waals surface area contributed by atoms with Crippen LogP contribution in [-0.4, -0.2) is 51.4 Å². The lowest BCUT2D eigenvalue weighted by atomic mass is 9.72. The number of aromatic hydroxyl groups is 1. The third-order valence-electron chi connectivity index (χ3n) is 6.36. The van der Waals surface area contributed by atoms with Crippen LogP contribution in [0.3, 0.4) is 0 Å². The zero-order valence-corrected chi connectivity index (χ0v) is 18.8. The molecule has 0 saturated carbocycles. The van der Waals surface area contributed by atoms with Gasteiger partial charge in [0.25, 0.3) is 0 Å². The summed E-state index contributed by atoms with van der Waals surface area (Å²) in [7, 11) is 0. The Kier molecular flexibility index (Phi) is 9.46. The quantitative estimate of drug-likeness (QED) is 0.465. The van der Waals surface area contributed by atoms with Crippen LogP contribution in [0.4, 0.5) is 0 Å². The molecular formula is C26H36O7. The molecule has 1 aliphatic carbocycles. The Morgan fingerprint density at radius 3 is 2.39 bits per heavy atom. The predicted molar refractivity (Wildman–Crippen MR) is 128 cm³/mol. The Balaban J connectivity index is 0.00000385. The first-order chi connectivity index (χ1) is 15.3. The fourth-order valence-electron chi connectivity index (χ4n) is 4.91. The molecule has 0 amide bonds. The van der Waals surface area contributed by atoms with Crippen molar-refractivity contribution in [2.45, 2.75) is 39.0 Å². The number of Topliss-reactive ketones (excluding diaryl/α,β-unsaturated/α-hetero) is 3. The van der Waals surface area contributed by atoms with E-state index in [0.717, 1.165) is 16.7 Å². The van der Waals surface area contributed by atoms with Crippen LogP contribution in [0.25, 0.3) is 11.1 Å². The van der Waals surface area contributed by atoms with Crippen molar-refractivity contribution in [2.24, 2.45) is 17.8 Å². The number of benzene rings is 2. The number of aliphatic hydroxyl groups excluding tert-OH is 2. The van der Waals surface area contributed by atoms with Crippen LogP contribution in [0.2, 0.25) is 0 Å². The van der Waals surface area contributed by atoms with Gasteiger partial charge in [-0.1, -0.05) is 36.4 Å². The normalized spacial score (nSPS) is 16.9. The van der Waals surface area contributed by atoms with Crippen molar-refractivity contribution in [1.29, 1.82) is 0 Å². The molecule has 3 atom stereocenters. The van der Waals surface area contributed by atoms with E-state index < -0.39 is 12.5 Å². The van der Waals surface area contributed by atoms with Crippen molar-refractivity contribution in [3.05, 3.63) is 53.6 Å². The minimum absolute atomic E-state index is 0. The molecule has 2 aromatic rings. The van der Waals surface area contributed by atoms with E-state index in [2.05, 4.69) is 0 Å². The Morgan fingerprint density at radius 1 is 1.09 bits per heavy atom. The van der Waals surface area contributed by atoms with Gasteiger partial charge in [-0.05, 0) is 60.8 Å². The van der Waals surface area contributed by atoms with E-state index in [1.807, 2.05) is 36.4 Å². The highest BCUT2D eigenvalue weighted by Gasteiger charge is 2.35. The minimum Gasteiger partial charge on any atom is -0.507 e. The van der Waals surface area contributed by atoms with Gasteiger partial charge in [0.05, 0.1) is 18.6 Å². The van der Waals surface area contributed by atoms with E-state index in [1.165, 1.54) is 6.92 Å². The number of phenols is 1. The van der Waals surface area contributed by atoms with Gasteiger partial charge in [-0.25, -0.2) is 0 Å². The van der Waals surface area contributed by atoms with Gasteiger partial charge in [-0.2, -0.15) is 0 Å². The fourth-order valence-corrected chi connectivity index (χ4v) is 4.91. The number of ketones is 3. The van der Waals surface area contributed by atoms with E-state index in [0.29, 0.717) is 24.8 Å². The molecule has 182 valence electrons. The van der Waals surface area contributed by atoms with Gasteiger partial charge in [-0.15, -0.1) is 0 Å². The predicted octanol–water partition coefficient (Wildman–Crippen LogP) is 3.02. The SMILES string of the molecule is CC(=O)CC(=O)C(CO)C(CCO)CC1CC(=O)c2c(O)ccc(-c3ccccc3)c2C1.O.[HH].[HH]. The summed E-state index contributed by atoms with van der Waals surface area (Å²) < 4.78 is 0. The molecule has 1 aliphatic rings. The fraction of sp³-hybridized carbons (Fsp3) is 0.423. The Labute approximate surface area is 196 Å². The zero-order valence-electron chi connectivity index (χ0n) is 18.8. The van der Waals surface area contributed by atoms with Crippen molar-refractivity contribution in [3.8, 4) is 16.9 Å². The molecular weight excluding hydrogens is 424 g/mol. The molecule has 0 aliphatic heterocycles. The van der Waals surface area contributed by atoms with Crippen LogP contribution in [0.15, 0.2) is 42.5 Å². The highest BCUT2D eigenvalue weighted by atomic mass is 16.3. The molecule has 0 radical (unpaired) electrons. The van der Waals surface area contributed by atoms with Gasteiger partial charge < -0.3 is 20.8 Å². The zero-order chi connectivity index (χ0) is 23.3. The second kappa shape index (κ2) is 11.8. The molecule has 33 heavy (non-hydrogen) atoms. The van der Waals surface area contributed by atoms with Crippen LogP contribution >= 0.6 is 0 Å². The maximum absolute atomic E-state index is 13.0. The largest absolute Gasteiger partial charge is 0.507 e. The molecule has 7 heteroatoms. The first-order valence-corrected chi connectivity index (χ1v) is 11.0. The maximum atomic E-state index is 13.0. The number of aliphatic hydroxyl groups is 2. The standard InChI is InChI=1S/C26H30O6.H2O.2H2/c1-16(29)11-24(31)22(15-28)19(9-10-27)12-17-13-21-20(18-5-3-2-4-6-18)7-8-23(30)26(21)25(32)14-17;;;/h2-8,17,19,22,27-28,30H,9-15H2,1H3;1H2;2*1H. The third-order valence-corrected chi connectivity index (χ3v) is 6.36. The molecule has 7 nitrogen and oxygen atoms in total. The summed E-state index contributed by atoms with van der Waals surface area (Å²) in [5.41, 5.74) is 2.99. The lowest BCUT2D eigenvalue weighted by molar-refractivity contribution is -0.131. The molecule has 3 unspecified atom stereocenters. The summed E-state index contributed by atoms with van der Waals surface area (Å²) in [5.74, 6) is -1.96. The smallest absolute Gasteiger partial charge is 0.167 e. The van der Waals surface area contributed by atoms with Gasteiger partial charge in [0.2, 0.25) is 0 Å². The van der Waals surface area contributed by atoms with Gasteiger partial charge in [0, 0.05) is 21.8 Å². The van der Waals surface area contributed by atoms with Crippen molar-refractivity contribution in [1.82, 2.24) is 0 Å². The van der Waals surface area contributed by atoms with Gasteiger partial charge in [-0.3, -0.25) is 14.4 Å². The van der Waals surface area contributed by atoms with E-state index in [1.54, 1.807) is 6.07 Å². The van der Waals surface area contributed by atoms with Gasteiger partial charge in [0.1, 0.15) is 17.3 Å². The lowest BCUT2D eigenvalue weighted by Gasteiger charge is -2.31. The molecule has 3 rings (SSSR count). The molecule has 0 heterocycles.